The van der Waals surface area contributed by atoms with Crippen LogP contribution in [0.4, 0.5) is 5.69 Å². The molecule has 8 heteroatoms. The van der Waals surface area contributed by atoms with Crippen molar-refractivity contribution >= 4 is 22.6 Å². The molecule has 8 nitrogen and oxygen atoms in total. The molecule has 1 saturated heterocycles. The smallest absolute Gasteiger partial charge is 0.269 e. The van der Waals surface area contributed by atoms with E-state index in [1.165, 1.54) is 24.3 Å². The standard InChI is InChI=1S/C20H20N4O4/c25-19(13-28-16-7-5-15(6-8-16)24(26)27)23-11-9-14(10-12-23)20-21-17-3-1-2-4-18(17)22-20/h1-8,14H,9-13H2,(H,21,22). The van der Waals surface area contributed by atoms with E-state index in [-0.39, 0.29) is 18.2 Å². The number of ether oxygens (including phenoxy) is 1. The average Bonchev–Trinajstić information content (AvgIpc) is 3.16. The number of nitro groups is 1. The number of hydrogen-bond donors (Lipinski definition) is 1. The first-order valence-corrected chi connectivity index (χ1v) is 9.20. The lowest BCUT2D eigenvalue weighted by atomic mass is 9.96. The van der Waals surface area contributed by atoms with Crippen LogP contribution in [-0.4, -0.2) is 45.4 Å². The van der Waals surface area contributed by atoms with Gasteiger partial charge in [0.15, 0.2) is 6.61 Å². The lowest BCUT2D eigenvalue weighted by molar-refractivity contribution is -0.384. The van der Waals surface area contributed by atoms with Gasteiger partial charge >= 0.3 is 0 Å². The SMILES string of the molecule is O=C(COc1ccc([N+](=O)[O-])cc1)N1CCC(c2nc3ccccc3[nH]2)CC1. The van der Waals surface area contributed by atoms with Crippen LogP contribution in [0.15, 0.2) is 48.5 Å². The Kier molecular flexibility index (Phi) is 4.92. The van der Waals surface area contributed by atoms with E-state index in [2.05, 4.69) is 9.97 Å². The monoisotopic (exact) mass is 380 g/mol. The molecule has 1 aliphatic heterocycles. The molecular weight excluding hydrogens is 360 g/mol. The molecule has 0 unspecified atom stereocenters. The second kappa shape index (κ2) is 7.67. The second-order valence-corrected chi connectivity index (χ2v) is 6.83. The summed E-state index contributed by atoms with van der Waals surface area (Å²) in [6.45, 7) is 1.24. The number of amides is 1. The Morgan fingerprint density at radius 2 is 1.89 bits per heavy atom. The van der Waals surface area contributed by atoms with Gasteiger partial charge in [-0.1, -0.05) is 12.1 Å². The van der Waals surface area contributed by atoms with Gasteiger partial charge in [-0.2, -0.15) is 0 Å². The summed E-state index contributed by atoms with van der Waals surface area (Å²) >= 11 is 0. The topological polar surface area (TPSA) is 101 Å². The van der Waals surface area contributed by atoms with Gasteiger partial charge in [0, 0.05) is 31.1 Å². The molecule has 1 aromatic heterocycles. The van der Waals surface area contributed by atoms with Crippen molar-refractivity contribution in [1.82, 2.24) is 14.9 Å². The predicted octanol–water partition coefficient (Wildman–Crippen LogP) is 3.26. The van der Waals surface area contributed by atoms with Crippen LogP contribution in [-0.2, 0) is 4.79 Å². The fraction of sp³-hybridized carbons (Fsp3) is 0.300. The highest BCUT2D eigenvalue weighted by Crippen LogP contribution is 2.27. The summed E-state index contributed by atoms with van der Waals surface area (Å²) in [5.41, 5.74) is 1.99. The zero-order valence-corrected chi connectivity index (χ0v) is 15.2. The first kappa shape index (κ1) is 18.0. The number of fused-ring (bicyclic) bond motifs is 1. The Morgan fingerprint density at radius 1 is 1.18 bits per heavy atom. The zero-order chi connectivity index (χ0) is 19.5. The van der Waals surface area contributed by atoms with Crippen molar-refractivity contribution in [3.63, 3.8) is 0 Å². The number of rotatable bonds is 5. The van der Waals surface area contributed by atoms with E-state index in [0.29, 0.717) is 24.8 Å². The summed E-state index contributed by atoms with van der Waals surface area (Å²) in [6.07, 6.45) is 1.70. The molecule has 1 fully saturated rings. The Balaban J connectivity index is 1.29. The van der Waals surface area contributed by atoms with Gasteiger partial charge in [-0.05, 0) is 37.1 Å². The third-order valence-corrected chi connectivity index (χ3v) is 5.05. The highest BCUT2D eigenvalue weighted by atomic mass is 16.6. The first-order chi connectivity index (χ1) is 13.6. The van der Waals surface area contributed by atoms with Gasteiger partial charge in [-0.3, -0.25) is 14.9 Å². The summed E-state index contributed by atoms with van der Waals surface area (Å²) in [6, 6.07) is 13.7. The summed E-state index contributed by atoms with van der Waals surface area (Å²) in [4.78, 5) is 32.4. The average molecular weight is 380 g/mol. The van der Waals surface area contributed by atoms with Crippen molar-refractivity contribution in [3.8, 4) is 5.75 Å². The van der Waals surface area contributed by atoms with E-state index in [1.54, 1.807) is 4.90 Å². The van der Waals surface area contributed by atoms with Crippen molar-refractivity contribution in [2.75, 3.05) is 19.7 Å². The molecule has 2 aromatic carbocycles. The number of aromatic amines is 1. The fourth-order valence-corrected chi connectivity index (χ4v) is 3.47. The number of non-ortho nitro benzene ring substituents is 1. The predicted molar refractivity (Wildman–Crippen MR) is 103 cm³/mol. The lowest BCUT2D eigenvalue weighted by Gasteiger charge is -2.31. The molecule has 0 aliphatic carbocycles. The minimum absolute atomic E-state index is 0.00802. The molecule has 28 heavy (non-hydrogen) atoms. The van der Waals surface area contributed by atoms with Crippen LogP contribution in [0.2, 0.25) is 0 Å². The number of H-pyrrole nitrogens is 1. The molecule has 144 valence electrons. The Hall–Kier alpha value is -3.42. The van der Waals surface area contributed by atoms with Crippen molar-refractivity contribution in [2.24, 2.45) is 0 Å². The van der Waals surface area contributed by atoms with Gasteiger partial charge in [-0.15, -0.1) is 0 Å². The van der Waals surface area contributed by atoms with Gasteiger partial charge in [0.05, 0.1) is 16.0 Å². The summed E-state index contributed by atoms with van der Waals surface area (Å²) in [5, 5.41) is 10.7. The molecule has 2 heterocycles. The van der Waals surface area contributed by atoms with Gasteiger partial charge in [0.1, 0.15) is 11.6 Å². The molecule has 4 rings (SSSR count). The van der Waals surface area contributed by atoms with Crippen LogP contribution in [0.5, 0.6) is 5.75 Å². The Bertz CT molecular complexity index is 958. The number of hydrogen-bond acceptors (Lipinski definition) is 5. The molecule has 0 bridgehead atoms. The molecule has 1 aliphatic rings. The number of para-hydroxylation sites is 2. The van der Waals surface area contributed by atoms with Crippen molar-refractivity contribution in [3.05, 3.63) is 64.5 Å². The number of nitro benzene ring substituents is 1. The van der Waals surface area contributed by atoms with E-state index in [1.807, 2.05) is 24.3 Å². The van der Waals surface area contributed by atoms with Crippen LogP contribution in [0.1, 0.15) is 24.6 Å². The first-order valence-electron chi connectivity index (χ1n) is 9.20. The minimum atomic E-state index is -0.471. The number of aromatic nitrogens is 2. The van der Waals surface area contributed by atoms with Crippen molar-refractivity contribution in [1.29, 1.82) is 0 Å². The third-order valence-electron chi connectivity index (χ3n) is 5.05. The van der Waals surface area contributed by atoms with Crippen LogP contribution < -0.4 is 4.74 Å². The minimum Gasteiger partial charge on any atom is -0.484 e. The van der Waals surface area contributed by atoms with Crippen LogP contribution in [0.25, 0.3) is 11.0 Å². The number of nitrogens with zero attached hydrogens (tertiary/aromatic N) is 3. The molecule has 3 aromatic rings. The second-order valence-electron chi connectivity index (χ2n) is 6.83. The van der Waals surface area contributed by atoms with Crippen molar-refractivity contribution in [2.45, 2.75) is 18.8 Å². The number of benzene rings is 2. The molecule has 0 saturated carbocycles. The number of carbonyl (C=O) groups is 1. The molecule has 1 N–H and O–H groups in total. The van der Waals surface area contributed by atoms with Gasteiger partial charge < -0.3 is 14.6 Å². The van der Waals surface area contributed by atoms with E-state index >= 15 is 0 Å². The maximum atomic E-state index is 12.4. The third kappa shape index (κ3) is 3.80. The lowest BCUT2D eigenvalue weighted by Crippen LogP contribution is -2.40. The summed E-state index contributed by atoms with van der Waals surface area (Å²) in [7, 11) is 0. The van der Waals surface area contributed by atoms with Gasteiger partial charge in [0.2, 0.25) is 0 Å². The number of imidazole rings is 1. The van der Waals surface area contributed by atoms with E-state index in [0.717, 1.165) is 29.7 Å². The molecule has 0 spiro atoms. The highest BCUT2D eigenvalue weighted by molar-refractivity contribution is 5.78. The Morgan fingerprint density at radius 3 is 2.57 bits per heavy atom. The summed E-state index contributed by atoms with van der Waals surface area (Å²) in [5.74, 6) is 1.65. The Labute approximate surface area is 161 Å². The maximum absolute atomic E-state index is 12.4. The van der Waals surface area contributed by atoms with Crippen molar-refractivity contribution < 1.29 is 14.5 Å². The van der Waals surface area contributed by atoms with Gasteiger partial charge in [-0.25, -0.2) is 4.98 Å². The van der Waals surface area contributed by atoms with Gasteiger partial charge in [0.25, 0.3) is 11.6 Å². The normalized spacial score (nSPS) is 14.9. The molecule has 0 atom stereocenters. The van der Waals surface area contributed by atoms with E-state index < -0.39 is 4.92 Å². The quantitative estimate of drug-likeness (QED) is 0.541. The largest absolute Gasteiger partial charge is 0.484 e. The van der Waals surface area contributed by atoms with E-state index in [4.69, 9.17) is 4.74 Å². The molecule has 1 amide bonds. The number of piperidine rings is 1. The van der Waals surface area contributed by atoms with Crippen LogP contribution in [0.3, 0.4) is 0 Å². The summed E-state index contributed by atoms with van der Waals surface area (Å²) < 4.78 is 5.47. The molecular formula is C20H20N4O4. The fourth-order valence-electron chi connectivity index (χ4n) is 3.47. The maximum Gasteiger partial charge on any atom is 0.269 e. The number of carbonyl (C=O) groups excluding carboxylic acids is 1. The zero-order valence-electron chi connectivity index (χ0n) is 15.2. The van der Waals surface area contributed by atoms with E-state index in [9.17, 15) is 14.9 Å². The van der Waals surface area contributed by atoms with Crippen LogP contribution >= 0.6 is 0 Å². The van der Waals surface area contributed by atoms with Crippen LogP contribution in [0, 0.1) is 10.1 Å². The number of nitrogens with one attached hydrogen (secondary N) is 1. The molecule has 0 radical (unpaired) electrons. The highest BCUT2D eigenvalue weighted by Gasteiger charge is 2.26. The number of likely N-dealkylation sites (tertiary alicyclic amines) is 1.